The number of Topliss-reactive ketones (excluding diaryl/α,β-unsaturated/α-hetero) is 1. The normalized spacial score (nSPS) is 19.6. The van der Waals surface area contributed by atoms with Gasteiger partial charge in [-0.1, -0.05) is 23.7 Å². The van der Waals surface area contributed by atoms with E-state index in [1.165, 1.54) is 14.0 Å². The summed E-state index contributed by atoms with van der Waals surface area (Å²) in [5.41, 5.74) is 0.514. The summed E-state index contributed by atoms with van der Waals surface area (Å²) in [7, 11) is 1.25. The van der Waals surface area contributed by atoms with Gasteiger partial charge < -0.3 is 15.0 Å². The molecule has 1 aliphatic rings. The second-order valence-corrected chi connectivity index (χ2v) is 7.83. The number of benzene rings is 1. The van der Waals surface area contributed by atoms with Gasteiger partial charge in [-0.25, -0.2) is 9.59 Å². The van der Waals surface area contributed by atoms with Gasteiger partial charge in [-0.15, -0.1) is 0 Å². The van der Waals surface area contributed by atoms with Crippen molar-refractivity contribution in [1.82, 2.24) is 15.2 Å². The number of H-pyrrole nitrogens is 1. The number of carbonyl (C=O) groups is 4. The lowest BCUT2D eigenvalue weighted by atomic mass is 9.91. The van der Waals surface area contributed by atoms with E-state index < -0.39 is 35.3 Å². The van der Waals surface area contributed by atoms with Crippen molar-refractivity contribution in [2.45, 2.75) is 39.3 Å². The molecule has 0 spiro atoms. The quantitative estimate of drug-likeness (QED) is 0.429. The molecule has 0 saturated carbocycles. The van der Waals surface area contributed by atoms with Gasteiger partial charge in [0.25, 0.3) is 5.91 Å². The van der Waals surface area contributed by atoms with E-state index >= 15 is 0 Å². The molecule has 0 aliphatic carbocycles. The highest BCUT2D eigenvalue weighted by Gasteiger charge is 2.52. The predicted molar refractivity (Wildman–Crippen MR) is 110 cm³/mol. The minimum absolute atomic E-state index is 0.154. The van der Waals surface area contributed by atoms with Gasteiger partial charge >= 0.3 is 12.0 Å². The largest absolute Gasteiger partial charge is 0.465 e. The molecular weight excluding hydrogens is 410 g/mol. The van der Waals surface area contributed by atoms with Crippen molar-refractivity contribution in [3.8, 4) is 0 Å². The number of aromatic nitrogens is 1. The van der Waals surface area contributed by atoms with Crippen LogP contribution < -0.4 is 5.32 Å². The van der Waals surface area contributed by atoms with Crippen LogP contribution in [0, 0.1) is 13.8 Å². The van der Waals surface area contributed by atoms with Gasteiger partial charge in [0.05, 0.1) is 18.4 Å². The lowest BCUT2D eigenvalue weighted by Gasteiger charge is -2.24. The summed E-state index contributed by atoms with van der Waals surface area (Å²) in [6.45, 7) is 6.30. The molecule has 3 amide bonds. The molecule has 0 bridgehead atoms. The van der Waals surface area contributed by atoms with Gasteiger partial charge in [0, 0.05) is 10.7 Å². The number of nitrogens with zero attached hydrogens (tertiary/aromatic N) is 1. The van der Waals surface area contributed by atoms with E-state index in [0.717, 1.165) is 4.90 Å². The van der Waals surface area contributed by atoms with Crippen molar-refractivity contribution < 1.29 is 23.9 Å². The van der Waals surface area contributed by atoms with Crippen LogP contribution in [0.4, 0.5) is 4.79 Å². The molecule has 1 aliphatic heterocycles. The summed E-state index contributed by atoms with van der Waals surface area (Å²) >= 11 is 5.92. The Kier molecular flexibility index (Phi) is 5.47. The summed E-state index contributed by atoms with van der Waals surface area (Å²) in [5, 5.41) is 3.17. The summed E-state index contributed by atoms with van der Waals surface area (Å²) in [6.07, 6.45) is 0. The highest BCUT2D eigenvalue weighted by Crippen LogP contribution is 2.32. The Morgan fingerprint density at radius 2 is 1.77 bits per heavy atom. The number of ether oxygens (including phenoxy) is 1. The maximum absolute atomic E-state index is 13.2. The Bertz CT molecular complexity index is 1060. The third kappa shape index (κ3) is 3.27. The Labute approximate surface area is 178 Å². The molecule has 30 heavy (non-hydrogen) atoms. The van der Waals surface area contributed by atoms with Gasteiger partial charge in [-0.05, 0) is 51.0 Å². The molecule has 158 valence electrons. The zero-order chi connectivity index (χ0) is 22.4. The fraction of sp³-hybridized carbons (Fsp3) is 0.333. The van der Waals surface area contributed by atoms with Crippen LogP contribution in [0.3, 0.4) is 0 Å². The van der Waals surface area contributed by atoms with Crippen LogP contribution in [0.15, 0.2) is 24.3 Å². The molecule has 8 nitrogen and oxygen atoms in total. The molecule has 9 heteroatoms. The third-order valence-electron chi connectivity index (χ3n) is 5.48. The summed E-state index contributed by atoms with van der Waals surface area (Å²) < 4.78 is 4.76. The van der Waals surface area contributed by atoms with Crippen LogP contribution in [0.2, 0.25) is 5.02 Å². The van der Waals surface area contributed by atoms with Crippen LogP contribution in [0.1, 0.15) is 51.5 Å². The lowest BCUT2D eigenvalue weighted by molar-refractivity contribution is -0.131. The molecule has 1 saturated heterocycles. The average molecular weight is 432 g/mol. The molecule has 3 rings (SSSR count). The fourth-order valence-electron chi connectivity index (χ4n) is 3.72. The van der Waals surface area contributed by atoms with Gasteiger partial charge in [-0.3, -0.25) is 14.5 Å². The zero-order valence-corrected chi connectivity index (χ0v) is 18.0. The van der Waals surface area contributed by atoms with Crippen molar-refractivity contribution in [3.05, 3.63) is 57.4 Å². The van der Waals surface area contributed by atoms with Crippen molar-refractivity contribution >= 4 is 35.3 Å². The second kappa shape index (κ2) is 7.60. The first-order chi connectivity index (χ1) is 14.0. The number of halogens is 1. The molecule has 2 atom stereocenters. The Morgan fingerprint density at radius 1 is 1.17 bits per heavy atom. The number of aryl methyl sites for hydroxylation is 1. The summed E-state index contributed by atoms with van der Waals surface area (Å²) in [4.78, 5) is 54.8. The number of amides is 3. The van der Waals surface area contributed by atoms with Crippen molar-refractivity contribution in [1.29, 1.82) is 0 Å². The summed E-state index contributed by atoms with van der Waals surface area (Å²) in [5.74, 6) is -1.61. The summed E-state index contributed by atoms with van der Waals surface area (Å²) in [6, 6.07) is 4.78. The third-order valence-corrected chi connectivity index (χ3v) is 5.74. The number of ketones is 1. The maximum atomic E-state index is 13.2. The van der Waals surface area contributed by atoms with Crippen molar-refractivity contribution in [2.24, 2.45) is 0 Å². The Hall–Kier alpha value is -3.13. The molecular formula is C21H22ClN3O5. The fourth-order valence-corrected chi connectivity index (χ4v) is 3.85. The topological polar surface area (TPSA) is 109 Å². The highest BCUT2D eigenvalue weighted by atomic mass is 35.5. The molecule has 0 unspecified atom stereocenters. The van der Waals surface area contributed by atoms with Crippen LogP contribution >= 0.6 is 11.6 Å². The minimum Gasteiger partial charge on any atom is -0.465 e. The number of imide groups is 1. The van der Waals surface area contributed by atoms with Crippen molar-refractivity contribution in [3.63, 3.8) is 0 Å². The highest BCUT2D eigenvalue weighted by molar-refractivity contribution is 6.30. The smallest absolute Gasteiger partial charge is 0.339 e. The first-order valence-corrected chi connectivity index (χ1v) is 9.64. The Balaban J connectivity index is 1.94. The minimum atomic E-state index is -1.33. The predicted octanol–water partition coefficient (Wildman–Crippen LogP) is 3.11. The lowest BCUT2D eigenvalue weighted by Crippen LogP contribution is -2.45. The number of esters is 1. The number of urea groups is 1. The van der Waals surface area contributed by atoms with Gasteiger partial charge in [-0.2, -0.15) is 0 Å². The first-order valence-electron chi connectivity index (χ1n) is 9.26. The zero-order valence-electron chi connectivity index (χ0n) is 17.3. The van der Waals surface area contributed by atoms with Crippen LogP contribution in [0.5, 0.6) is 0 Å². The van der Waals surface area contributed by atoms with Crippen molar-refractivity contribution in [2.75, 3.05) is 7.11 Å². The number of aromatic amines is 1. The van der Waals surface area contributed by atoms with Crippen LogP contribution in [-0.4, -0.2) is 46.7 Å². The van der Waals surface area contributed by atoms with E-state index in [9.17, 15) is 19.2 Å². The van der Waals surface area contributed by atoms with E-state index in [0.29, 0.717) is 21.8 Å². The molecule has 2 aromatic rings. The standard InChI is InChI=1S/C21H22ClN3O5/c1-10-15(18(27)30-5)11(2)23-16(10)17(26)12(3)25-19(28)21(4,24-20(25)29)13-6-8-14(22)9-7-13/h6-9,12,23H,1-5H3,(H,24,29)/t12-,21+/m0/s1. The van der Waals surface area contributed by atoms with Gasteiger partial charge in [0.1, 0.15) is 11.6 Å². The number of hydrogen-bond donors (Lipinski definition) is 2. The van der Waals surface area contributed by atoms with E-state index in [-0.39, 0.29) is 11.3 Å². The first kappa shape index (κ1) is 21.6. The van der Waals surface area contributed by atoms with E-state index in [2.05, 4.69) is 10.3 Å². The van der Waals surface area contributed by atoms with E-state index in [4.69, 9.17) is 16.3 Å². The number of carbonyl (C=O) groups excluding carboxylic acids is 4. The molecule has 1 aromatic heterocycles. The molecule has 2 heterocycles. The number of methoxy groups -OCH3 is 1. The molecule has 0 radical (unpaired) electrons. The number of nitrogens with one attached hydrogen (secondary N) is 2. The van der Waals surface area contributed by atoms with Crippen LogP contribution in [-0.2, 0) is 15.1 Å². The van der Waals surface area contributed by atoms with E-state index in [1.54, 1.807) is 45.0 Å². The molecule has 1 fully saturated rings. The monoisotopic (exact) mass is 431 g/mol. The van der Waals surface area contributed by atoms with Gasteiger partial charge in [0.15, 0.2) is 0 Å². The number of rotatable bonds is 5. The molecule has 2 N–H and O–H groups in total. The molecule has 1 aromatic carbocycles. The second-order valence-electron chi connectivity index (χ2n) is 7.39. The van der Waals surface area contributed by atoms with E-state index in [1.807, 2.05) is 0 Å². The average Bonchev–Trinajstić information content (AvgIpc) is 3.13. The SMILES string of the molecule is COC(=O)c1c(C)[nH]c(C(=O)[C@H](C)N2C(=O)N[C@](C)(c3ccc(Cl)cc3)C2=O)c1C. The number of hydrogen-bond acceptors (Lipinski definition) is 5. The maximum Gasteiger partial charge on any atom is 0.339 e. The van der Waals surface area contributed by atoms with Gasteiger partial charge in [0.2, 0.25) is 5.78 Å². The van der Waals surface area contributed by atoms with Crippen LogP contribution in [0.25, 0.3) is 0 Å². The Morgan fingerprint density at radius 3 is 2.33 bits per heavy atom.